The van der Waals surface area contributed by atoms with Gasteiger partial charge in [0.15, 0.2) is 0 Å². The summed E-state index contributed by atoms with van der Waals surface area (Å²) in [5.41, 5.74) is 1.07. The Morgan fingerprint density at radius 3 is 2.45 bits per heavy atom. The molecular weight excluding hydrogens is 270 g/mol. The lowest BCUT2D eigenvalue weighted by Gasteiger charge is -2.30. The van der Waals surface area contributed by atoms with E-state index in [1.165, 1.54) is 11.3 Å². The number of piperidine rings is 1. The maximum Gasteiger partial charge on any atom is 0.239 e. The molecular formula is C15H25N3OS. The van der Waals surface area contributed by atoms with Crippen LogP contribution in [0.5, 0.6) is 0 Å². The van der Waals surface area contributed by atoms with Crippen LogP contribution < -0.4 is 5.32 Å². The molecule has 20 heavy (non-hydrogen) atoms. The molecule has 1 aliphatic rings. The van der Waals surface area contributed by atoms with E-state index in [4.69, 9.17) is 0 Å². The summed E-state index contributed by atoms with van der Waals surface area (Å²) < 4.78 is 0. The molecule has 2 unspecified atom stereocenters. The third kappa shape index (κ3) is 3.58. The van der Waals surface area contributed by atoms with Crippen molar-refractivity contribution in [3.8, 4) is 0 Å². The molecule has 4 nitrogen and oxygen atoms in total. The van der Waals surface area contributed by atoms with Gasteiger partial charge in [-0.15, -0.1) is 11.3 Å². The minimum atomic E-state index is -0.134. The fourth-order valence-electron chi connectivity index (χ4n) is 2.86. The van der Waals surface area contributed by atoms with E-state index < -0.39 is 0 Å². The average molecular weight is 295 g/mol. The van der Waals surface area contributed by atoms with Crippen LogP contribution in [-0.2, 0) is 4.79 Å². The topological polar surface area (TPSA) is 45.2 Å². The number of hydrogen-bond donors (Lipinski definition) is 1. The summed E-state index contributed by atoms with van der Waals surface area (Å²) in [6.45, 7) is 9.97. The van der Waals surface area contributed by atoms with Gasteiger partial charge in [-0.2, -0.15) is 0 Å². The molecule has 1 aromatic heterocycles. The van der Waals surface area contributed by atoms with Crippen molar-refractivity contribution in [3.63, 3.8) is 0 Å². The molecule has 5 heteroatoms. The lowest BCUT2D eigenvalue weighted by atomic mass is 10.1. The van der Waals surface area contributed by atoms with Gasteiger partial charge in [-0.05, 0) is 47.0 Å². The lowest BCUT2D eigenvalue weighted by molar-refractivity contribution is -0.134. The number of thiazole rings is 1. The molecule has 1 aliphatic heterocycles. The van der Waals surface area contributed by atoms with Gasteiger partial charge in [-0.25, -0.2) is 4.98 Å². The summed E-state index contributed by atoms with van der Waals surface area (Å²) in [5, 5.41) is 4.51. The highest BCUT2D eigenvalue weighted by Crippen LogP contribution is 2.25. The van der Waals surface area contributed by atoms with Gasteiger partial charge in [0.2, 0.25) is 5.91 Å². The molecule has 0 aliphatic carbocycles. The Morgan fingerprint density at radius 2 is 1.90 bits per heavy atom. The number of carbonyl (C=O) groups is 1. The molecule has 112 valence electrons. The summed E-state index contributed by atoms with van der Waals surface area (Å²) in [5.74, 6) is 0.232. The van der Waals surface area contributed by atoms with Gasteiger partial charge in [0.1, 0.15) is 0 Å². The highest BCUT2D eigenvalue weighted by Gasteiger charge is 2.24. The van der Waals surface area contributed by atoms with Gasteiger partial charge in [0.25, 0.3) is 0 Å². The van der Waals surface area contributed by atoms with Crippen molar-refractivity contribution in [3.05, 3.63) is 15.6 Å². The number of carbonyl (C=O) groups excluding carboxylic acids is 1. The first kappa shape index (κ1) is 15.4. The van der Waals surface area contributed by atoms with E-state index >= 15 is 0 Å². The molecule has 0 spiro atoms. The zero-order chi connectivity index (χ0) is 14.7. The van der Waals surface area contributed by atoms with E-state index in [9.17, 15) is 4.79 Å². The number of likely N-dealkylation sites (tertiary alicyclic amines) is 1. The van der Waals surface area contributed by atoms with Crippen molar-refractivity contribution in [1.29, 1.82) is 0 Å². The van der Waals surface area contributed by atoms with Crippen molar-refractivity contribution in [1.82, 2.24) is 15.2 Å². The van der Waals surface area contributed by atoms with Crippen LogP contribution in [-0.4, -0.2) is 34.9 Å². The van der Waals surface area contributed by atoms with Gasteiger partial charge in [0, 0.05) is 24.0 Å². The standard InChI is InChI=1S/C15H25N3OS/c1-10(14-11(2)17-13(4)20-14)16-12(3)15(19)18-8-6-5-7-9-18/h10,12,16H,5-9H2,1-4H3. The second kappa shape index (κ2) is 6.68. The van der Waals surface area contributed by atoms with Crippen LogP contribution in [0.1, 0.15) is 54.7 Å². The zero-order valence-corrected chi connectivity index (χ0v) is 13.7. The second-order valence-electron chi connectivity index (χ2n) is 5.68. The number of nitrogens with one attached hydrogen (secondary N) is 1. The second-order valence-corrected chi connectivity index (χ2v) is 6.91. The highest BCUT2D eigenvalue weighted by atomic mass is 32.1. The normalized spacial score (nSPS) is 18.9. The van der Waals surface area contributed by atoms with E-state index in [1.807, 2.05) is 25.7 Å². The first-order valence-corrected chi connectivity index (χ1v) is 8.29. The minimum Gasteiger partial charge on any atom is -0.341 e. The maximum absolute atomic E-state index is 12.4. The van der Waals surface area contributed by atoms with E-state index in [2.05, 4.69) is 17.2 Å². The van der Waals surface area contributed by atoms with E-state index in [1.54, 1.807) is 11.3 Å². The van der Waals surface area contributed by atoms with Crippen LogP contribution >= 0.6 is 11.3 Å². The molecule has 0 bridgehead atoms. The predicted molar refractivity (Wildman–Crippen MR) is 83.0 cm³/mol. The fraction of sp³-hybridized carbons (Fsp3) is 0.733. The van der Waals surface area contributed by atoms with Gasteiger partial charge in [-0.3, -0.25) is 10.1 Å². The van der Waals surface area contributed by atoms with Gasteiger partial charge in [-0.1, -0.05) is 0 Å². The molecule has 0 radical (unpaired) electrons. The number of aromatic nitrogens is 1. The molecule has 1 amide bonds. The Kier molecular flexibility index (Phi) is 5.16. The third-order valence-corrected chi connectivity index (χ3v) is 5.13. The van der Waals surface area contributed by atoms with Gasteiger partial charge >= 0.3 is 0 Å². The summed E-state index contributed by atoms with van der Waals surface area (Å²) >= 11 is 1.71. The van der Waals surface area contributed by atoms with E-state index in [-0.39, 0.29) is 18.0 Å². The molecule has 2 atom stereocenters. The Labute approximate surface area is 125 Å². The Balaban J connectivity index is 1.94. The van der Waals surface area contributed by atoms with Crippen molar-refractivity contribution < 1.29 is 4.79 Å². The van der Waals surface area contributed by atoms with Crippen LogP contribution in [0.4, 0.5) is 0 Å². The predicted octanol–water partition coefficient (Wildman–Crippen LogP) is 2.81. The van der Waals surface area contributed by atoms with Crippen LogP contribution in [0.25, 0.3) is 0 Å². The Morgan fingerprint density at radius 1 is 1.25 bits per heavy atom. The number of rotatable bonds is 4. The molecule has 1 fully saturated rings. The lowest BCUT2D eigenvalue weighted by Crippen LogP contribution is -2.47. The van der Waals surface area contributed by atoms with Crippen LogP contribution in [0, 0.1) is 13.8 Å². The molecule has 2 rings (SSSR count). The van der Waals surface area contributed by atoms with Crippen LogP contribution in [0.15, 0.2) is 0 Å². The van der Waals surface area contributed by atoms with Crippen LogP contribution in [0.2, 0.25) is 0 Å². The average Bonchev–Trinajstić information content (AvgIpc) is 2.78. The van der Waals surface area contributed by atoms with Crippen LogP contribution in [0.3, 0.4) is 0 Å². The quantitative estimate of drug-likeness (QED) is 0.929. The van der Waals surface area contributed by atoms with Crippen molar-refractivity contribution >= 4 is 17.2 Å². The largest absolute Gasteiger partial charge is 0.341 e. The Hall–Kier alpha value is -0.940. The molecule has 1 saturated heterocycles. The molecule has 0 saturated carbocycles. The fourth-order valence-corrected chi connectivity index (χ4v) is 3.80. The highest BCUT2D eigenvalue weighted by molar-refractivity contribution is 7.11. The summed E-state index contributed by atoms with van der Waals surface area (Å²) in [6.07, 6.45) is 3.53. The summed E-state index contributed by atoms with van der Waals surface area (Å²) in [6, 6.07) is 0.0369. The first-order chi connectivity index (χ1) is 9.49. The third-order valence-electron chi connectivity index (χ3n) is 3.87. The monoisotopic (exact) mass is 295 g/mol. The zero-order valence-electron chi connectivity index (χ0n) is 12.9. The van der Waals surface area contributed by atoms with Gasteiger partial charge < -0.3 is 4.90 Å². The smallest absolute Gasteiger partial charge is 0.239 e. The first-order valence-electron chi connectivity index (χ1n) is 7.48. The number of aryl methyl sites for hydroxylation is 2. The van der Waals surface area contributed by atoms with E-state index in [0.717, 1.165) is 36.6 Å². The van der Waals surface area contributed by atoms with E-state index in [0.29, 0.717) is 0 Å². The van der Waals surface area contributed by atoms with Crippen molar-refractivity contribution in [2.75, 3.05) is 13.1 Å². The number of hydrogen-bond acceptors (Lipinski definition) is 4. The summed E-state index contributed by atoms with van der Waals surface area (Å²) in [4.78, 5) is 20.1. The SMILES string of the molecule is Cc1nc(C)c(C(C)NC(C)C(=O)N2CCCCC2)s1. The molecule has 1 aromatic rings. The maximum atomic E-state index is 12.4. The number of nitrogens with zero attached hydrogens (tertiary/aromatic N) is 2. The molecule has 2 heterocycles. The van der Waals surface area contributed by atoms with Crippen molar-refractivity contribution in [2.24, 2.45) is 0 Å². The van der Waals surface area contributed by atoms with Gasteiger partial charge in [0.05, 0.1) is 16.7 Å². The van der Waals surface area contributed by atoms with Crippen molar-refractivity contribution in [2.45, 2.75) is 59.0 Å². The minimum absolute atomic E-state index is 0.134. The number of amides is 1. The molecule has 0 aromatic carbocycles. The Bertz CT molecular complexity index is 466. The summed E-state index contributed by atoms with van der Waals surface area (Å²) in [7, 11) is 0. The molecule has 1 N–H and O–H groups in total.